The van der Waals surface area contributed by atoms with E-state index < -0.39 is 0 Å². The molecule has 1 aliphatic heterocycles. The van der Waals surface area contributed by atoms with Crippen molar-refractivity contribution in [3.05, 3.63) is 29.8 Å². The minimum absolute atomic E-state index is 0.569. The van der Waals surface area contributed by atoms with Crippen molar-refractivity contribution in [1.82, 2.24) is 5.32 Å². The van der Waals surface area contributed by atoms with Crippen LogP contribution >= 0.6 is 0 Å². The molecule has 2 rings (SSSR count). The number of hydrogen-bond acceptors (Lipinski definition) is 4. The maximum Gasteiger partial charge on any atom is 0.0718 e. The summed E-state index contributed by atoms with van der Waals surface area (Å²) in [5, 5.41) is 6.72. The van der Waals surface area contributed by atoms with Crippen molar-refractivity contribution in [2.75, 3.05) is 38.7 Å². The topological polar surface area (TPSA) is 42.5 Å². The molecule has 0 radical (unpaired) electrons. The van der Waals surface area contributed by atoms with Gasteiger partial charge >= 0.3 is 0 Å². The lowest BCUT2D eigenvalue weighted by Crippen LogP contribution is -2.51. The highest BCUT2D eigenvalue weighted by Crippen LogP contribution is 2.13. The van der Waals surface area contributed by atoms with Crippen LogP contribution < -0.4 is 10.6 Å². The minimum Gasteiger partial charge on any atom is -0.382 e. The van der Waals surface area contributed by atoms with Gasteiger partial charge in [-0.3, -0.25) is 0 Å². The van der Waals surface area contributed by atoms with E-state index in [2.05, 4.69) is 34.9 Å². The van der Waals surface area contributed by atoms with E-state index in [-0.39, 0.29) is 0 Å². The first-order chi connectivity index (χ1) is 8.38. The molecule has 1 fully saturated rings. The Morgan fingerprint density at radius 2 is 2.24 bits per heavy atom. The molecule has 1 saturated heterocycles. The molecule has 1 aromatic carbocycles. The van der Waals surface area contributed by atoms with Gasteiger partial charge in [0.15, 0.2) is 0 Å². The first-order valence-electron chi connectivity index (χ1n) is 6.01. The molecule has 0 aromatic heterocycles. The number of anilines is 1. The monoisotopic (exact) mass is 236 g/mol. The van der Waals surface area contributed by atoms with Gasteiger partial charge in [0.25, 0.3) is 0 Å². The largest absolute Gasteiger partial charge is 0.382 e. The van der Waals surface area contributed by atoms with Crippen LogP contribution in [-0.4, -0.2) is 39.5 Å². The molecule has 94 valence electrons. The third-order valence-electron chi connectivity index (χ3n) is 2.78. The minimum atomic E-state index is 0.569. The molecular formula is C13H20N2O2. The fourth-order valence-electron chi connectivity index (χ4n) is 1.71. The molecule has 2 N–H and O–H groups in total. The van der Waals surface area contributed by atoms with Crippen molar-refractivity contribution >= 4 is 5.69 Å². The molecule has 0 aliphatic carbocycles. The maximum atomic E-state index is 5.50. The Morgan fingerprint density at radius 3 is 2.94 bits per heavy atom. The third-order valence-corrected chi connectivity index (χ3v) is 2.78. The Bertz CT molecular complexity index is 340. The number of hydrogen-bond donors (Lipinski definition) is 2. The number of nitrogens with one attached hydrogen (secondary N) is 2. The van der Waals surface area contributed by atoms with Crippen LogP contribution in [-0.2, 0) is 16.1 Å². The Labute approximate surface area is 102 Å². The van der Waals surface area contributed by atoms with Crippen molar-refractivity contribution < 1.29 is 9.47 Å². The molecular weight excluding hydrogens is 216 g/mol. The molecule has 1 aromatic rings. The molecule has 0 bridgehead atoms. The van der Waals surface area contributed by atoms with Gasteiger partial charge in [-0.1, -0.05) is 12.1 Å². The summed E-state index contributed by atoms with van der Waals surface area (Å²) in [7, 11) is 1.68. The quantitative estimate of drug-likeness (QED) is 0.699. The maximum absolute atomic E-state index is 5.50. The average Bonchev–Trinajstić information content (AvgIpc) is 2.30. The predicted octanol–water partition coefficient (Wildman–Crippen LogP) is 1.23. The summed E-state index contributed by atoms with van der Waals surface area (Å²) < 4.78 is 10.4. The van der Waals surface area contributed by atoms with E-state index in [9.17, 15) is 0 Å². The summed E-state index contributed by atoms with van der Waals surface area (Å²) >= 11 is 0. The van der Waals surface area contributed by atoms with Gasteiger partial charge in [-0.05, 0) is 17.7 Å². The van der Waals surface area contributed by atoms with E-state index >= 15 is 0 Å². The van der Waals surface area contributed by atoms with Gasteiger partial charge in [0.1, 0.15) is 0 Å². The molecule has 0 unspecified atom stereocenters. The summed E-state index contributed by atoms with van der Waals surface area (Å²) in [5.41, 5.74) is 2.36. The molecule has 17 heavy (non-hydrogen) atoms. The van der Waals surface area contributed by atoms with Crippen LogP contribution in [0.2, 0.25) is 0 Å². The highest BCUT2D eigenvalue weighted by atomic mass is 16.5. The highest BCUT2D eigenvalue weighted by Gasteiger charge is 2.15. The van der Waals surface area contributed by atoms with Gasteiger partial charge in [0.2, 0.25) is 0 Å². The molecule has 0 saturated carbocycles. The Morgan fingerprint density at radius 1 is 1.35 bits per heavy atom. The summed E-state index contributed by atoms with van der Waals surface area (Å²) in [4.78, 5) is 0. The first-order valence-corrected chi connectivity index (χ1v) is 6.01. The second-order valence-corrected chi connectivity index (χ2v) is 4.25. The van der Waals surface area contributed by atoms with Gasteiger partial charge in [-0.2, -0.15) is 0 Å². The van der Waals surface area contributed by atoms with Gasteiger partial charge in [0.05, 0.1) is 25.9 Å². The Hall–Kier alpha value is -1.10. The van der Waals surface area contributed by atoms with Crippen LogP contribution in [0.3, 0.4) is 0 Å². The van der Waals surface area contributed by atoms with Crippen LogP contribution in [0.1, 0.15) is 5.56 Å². The van der Waals surface area contributed by atoms with Crippen molar-refractivity contribution in [2.24, 2.45) is 0 Å². The molecule has 0 spiro atoms. The number of methoxy groups -OCH3 is 1. The fourth-order valence-corrected chi connectivity index (χ4v) is 1.71. The molecule has 1 heterocycles. The highest BCUT2D eigenvalue weighted by molar-refractivity contribution is 5.47. The lowest BCUT2D eigenvalue weighted by atomic mass is 10.1. The zero-order chi connectivity index (χ0) is 11.9. The lowest BCUT2D eigenvalue weighted by molar-refractivity contribution is 0.0617. The van der Waals surface area contributed by atoms with Crippen molar-refractivity contribution in [3.8, 4) is 0 Å². The molecule has 4 heteroatoms. The van der Waals surface area contributed by atoms with E-state index in [4.69, 9.17) is 9.47 Å². The molecule has 0 amide bonds. The zero-order valence-electron chi connectivity index (χ0n) is 10.2. The van der Waals surface area contributed by atoms with Crippen LogP contribution in [0, 0.1) is 0 Å². The normalized spacial score (nSPS) is 15.6. The van der Waals surface area contributed by atoms with Crippen LogP contribution in [0.25, 0.3) is 0 Å². The van der Waals surface area contributed by atoms with Gasteiger partial charge in [-0.25, -0.2) is 0 Å². The fraction of sp³-hybridized carbons (Fsp3) is 0.538. The molecule has 1 aliphatic rings. The van der Waals surface area contributed by atoms with Crippen molar-refractivity contribution in [1.29, 1.82) is 0 Å². The summed E-state index contributed by atoms with van der Waals surface area (Å²) in [6, 6.07) is 8.95. The smallest absolute Gasteiger partial charge is 0.0718 e. The Kier molecular flexibility index (Phi) is 4.79. The lowest BCUT2D eigenvalue weighted by Gasteiger charge is -2.29. The van der Waals surface area contributed by atoms with Crippen LogP contribution in [0.5, 0.6) is 0 Å². The Balaban J connectivity index is 1.78. The van der Waals surface area contributed by atoms with Crippen molar-refractivity contribution in [3.63, 3.8) is 0 Å². The summed E-state index contributed by atoms with van der Waals surface area (Å²) in [5.74, 6) is 0. The van der Waals surface area contributed by atoms with E-state index in [0.717, 1.165) is 13.1 Å². The number of rotatable bonds is 7. The van der Waals surface area contributed by atoms with Crippen molar-refractivity contribution in [2.45, 2.75) is 12.6 Å². The van der Waals surface area contributed by atoms with Crippen LogP contribution in [0.15, 0.2) is 24.3 Å². The van der Waals surface area contributed by atoms with Gasteiger partial charge in [0, 0.05) is 25.9 Å². The second kappa shape index (κ2) is 6.59. The van der Waals surface area contributed by atoms with Gasteiger partial charge in [-0.15, -0.1) is 0 Å². The average molecular weight is 236 g/mol. The standard InChI is InChI=1S/C13H20N2O2/c1-16-5-6-17-10-11-3-2-4-12(7-11)15-13-8-14-9-13/h2-4,7,13-15H,5-6,8-10H2,1H3. The van der Waals surface area contributed by atoms with E-state index in [1.807, 2.05) is 0 Å². The molecule has 4 nitrogen and oxygen atoms in total. The summed E-state index contributed by atoms with van der Waals surface area (Å²) in [6.07, 6.45) is 0. The zero-order valence-corrected chi connectivity index (χ0v) is 10.2. The summed E-state index contributed by atoms with van der Waals surface area (Å²) in [6.45, 7) is 4.03. The first kappa shape index (κ1) is 12.4. The van der Waals surface area contributed by atoms with Crippen LogP contribution in [0.4, 0.5) is 5.69 Å². The predicted molar refractivity (Wildman–Crippen MR) is 68.3 cm³/mol. The van der Waals surface area contributed by atoms with E-state index in [0.29, 0.717) is 25.9 Å². The number of benzene rings is 1. The molecule has 0 atom stereocenters. The van der Waals surface area contributed by atoms with Gasteiger partial charge < -0.3 is 20.1 Å². The number of ether oxygens (including phenoxy) is 2. The third kappa shape index (κ3) is 4.00. The SMILES string of the molecule is COCCOCc1cccc(NC2CNC2)c1. The van der Waals surface area contributed by atoms with E-state index in [1.54, 1.807) is 7.11 Å². The van der Waals surface area contributed by atoms with E-state index in [1.165, 1.54) is 11.3 Å². The second-order valence-electron chi connectivity index (χ2n) is 4.25.